The summed E-state index contributed by atoms with van der Waals surface area (Å²) in [4.78, 5) is 14.8. The molecule has 0 radical (unpaired) electrons. The predicted molar refractivity (Wildman–Crippen MR) is 97.7 cm³/mol. The van der Waals surface area contributed by atoms with Crippen LogP contribution in [0.3, 0.4) is 0 Å². The van der Waals surface area contributed by atoms with Crippen LogP contribution in [0.2, 0.25) is 0 Å². The highest BCUT2D eigenvalue weighted by molar-refractivity contribution is 7.91. The number of carbonyl (C=O) groups excluding carboxylic acids is 1. The molecule has 0 N–H and O–H groups in total. The minimum absolute atomic E-state index is 0.0135. The van der Waals surface area contributed by atoms with Gasteiger partial charge >= 0.3 is 0 Å². The van der Waals surface area contributed by atoms with Crippen molar-refractivity contribution in [1.82, 2.24) is 4.90 Å². The Hall–Kier alpha value is -1.56. The summed E-state index contributed by atoms with van der Waals surface area (Å²) in [5, 5.41) is -0.302. The van der Waals surface area contributed by atoms with Crippen molar-refractivity contribution < 1.29 is 17.9 Å². The summed E-state index contributed by atoms with van der Waals surface area (Å²) >= 11 is 0. The van der Waals surface area contributed by atoms with Crippen LogP contribution >= 0.6 is 0 Å². The highest BCUT2D eigenvalue weighted by Crippen LogP contribution is 2.39. The number of unbranched alkanes of at least 4 members (excludes halogenated alkanes) is 1. The lowest BCUT2D eigenvalue weighted by atomic mass is 10.0. The standard InChI is InChI=1S/C19H27NO4S/c1-3-4-11-24-17-9-5-14(6-10-17)19(21)20-15-7-8-16(20)13-18(12-15)25(2,22)23/h5-6,9-10,15-16,18H,3-4,7-8,11-13H2,1-2H3. The van der Waals surface area contributed by atoms with Crippen molar-refractivity contribution in [3.05, 3.63) is 29.8 Å². The molecule has 3 rings (SSSR count). The number of nitrogens with zero attached hydrogens (tertiary/aromatic N) is 1. The molecule has 2 heterocycles. The number of ether oxygens (including phenoxy) is 1. The van der Waals surface area contributed by atoms with Gasteiger partial charge in [-0.15, -0.1) is 0 Å². The van der Waals surface area contributed by atoms with Crippen molar-refractivity contribution in [1.29, 1.82) is 0 Å². The lowest BCUT2D eigenvalue weighted by molar-refractivity contribution is 0.0598. The zero-order chi connectivity index (χ0) is 18.0. The van der Waals surface area contributed by atoms with Crippen molar-refractivity contribution in [2.24, 2.45) is 0 Å². The lowest BCUT2D eigenvalue weighted by Crippen LogP contribution is -2.49. The van der Waals surface area contributed by atoms with E-state index in [2.05, 4.69) is 6.92 Å². The molecule has 6 heteroatoms. The maximum absolute atomic E-state index is 12.9. The second-order valence-corrected chi connectivity index (χ2v) is 9.57. The monoisotopic (exact) mass is 365 g/mol. The number of hydrogen-bond acceptors (Lipinski definition) is 4. The Bertz CT molecular complexity index is 699. The zero-order valence-corrected chi connectivity index (χ0v) is 15.8. The van der Waals surface area contributed by atoms with Crippen molar-refractivity contribution in [3.63, 3.8) is 0 Å². The highest BCUT2D eigenvalue weighted by atomic mass is 32.2. The van der Waals surface area contributed by atoms with E-state index >= 15 is 0 Å². The molecule has 2 atom stereocenters. The molecule has 2 aliphatic heterocycles. The number of hydrogen-bond donors (Lipinski definition) is 0. The first-order chi connectivity index (χ1) is 11.9. The zero-order valence-electron chi connectivity index (χ0n) is 15.0. The summed E-state index contributed by atoms with van der Waals surface area (Å²) < 4.78 is 29.4. The van der Waals surface area contributed by atoms with Gasteiger partial charge in [-0.25, -0.2) is 8.42 Å². The number of fused-ring (bicyclic) bond motifs is 2. The van der Waals surface area contributed by atoms with Gasteiger partial charge in [0.2, 0.25) is 0 Å². The minimum atomic E-state index is -3.04. The van der Waals surface area contributed by atoms with Crippen molar-refractivity contribution in [2.75, 3.05) is 12.9 Å². The number of rotatable bonds is 6. The molecule has 0 spiro atoms. The van der Waals surface area contributed by atoms with E-state index in [4.69, 9.17) is 4.74 Å². The molecule has 2 fully saturated rings. The Kier molecular flexibility index (Phi) is 5.37. The van der Waals surface area contributed by atoms with Gasteiger partial charge in [0.1, 0.15) is 15.6 Å². The van der Waals surface area contributed by atoms with Crippen LogP contribution in [0.4, 0.5) is 0 Å². The van der Waals surface area contributed by atoms with Gasteiger partial charge < -0.3 is 9.64 Å². The normalized spacial score (nSPS) is 25.8. The van der Waals surface area contributed by atoms with Crippen LogP contribution in [0.25, 0.3) is 0 Å². The van der Waals surface area contributed by atoms with Crippen LogP contribution in [0.1, 0.15) is 55.8 Å². The van der Waals surface area contributed by atoms with Crippen LogP contribution in [0, 0.1) is 0 Å². The summed E-state index contributed by atoms with van der Waals surface area (Å²) in [6.45, 7) is 2.80. The summed E-state index contributed by atoms with van der Waals surface area (Å²) in [5.74, 6) is 0.795. The smallest absolute Gasteiger partial charge is 0.254 e. The molecule has 1 aromatic carbocycles. The first-order valence-corrected chi connectivity index (χ1v) is 11.1. The van der Waals surface area contributed by atoms with Crippen LogP contribution in [-0.2, 0) is 9.84 Å². The molecule has 25 heavy (non-hydrogen) atoms. The van der Waals surface area contributed by atoms with Gasteiger partial charge in [0.15, 0.2) is 0 Å². The third kappa shape index (κ3) is 4.00. The summed E-state index contributed by atoms with van der Waals surface area (Å²) in [6.07, 6.45) is 6.35. The summed E-state index contributed by atoms with van der Waals surface area (Å²) in [6, 6.07) is 7.40. The molecule has 2 aliphatic rings. The molecule has 0 aliphatic carbocycles. The van der Waals surface area contributed by atoms with Crippen molar-refractivity contribution >= 4 is 15.7 Å². The van der Waals surface area contributed by atoms with Crippen molar-refractivity contribution in [3.8, 4) is 5.75 Å². The SMILES string of the molecule is CCCCOc1ccc(C(=O)N2C3CCC2CC(S(C)(=O)=O)C3)cc1. The van der Waals surface area contributed by atoms with E-state index in [0.717, 1.165) is 31.4 Å². The van der Waals surface area contributed by atoms with Gasteiger partial charge in [-0.05, 0) is 56.4 Å². The van der Waals surface area contributed by atoms with Gasteiger partial charge in [-0.2, -0.15) is 0 Å². The molecule has 1 aromatic rings. The maximum atomic E-state index is 12.9. The molecular weight excluding hydrogens is 338 g/mol. The van der Waals surface area contributed by atoms with E-state index in [1.54, 1.807) is 0 Å². The Morgan fingerprint density at radius 3 is 2.28 bits per heavy atom. The van der Waals surface area contributed by atoms with Gasteiger partial charge in [-0.3, -0.25) is 4.79 Å². The fraction of sp³-hybridized carbons (Fsp3) is 0.632. The molecular formula is C19H27NO4S. The Balaban J connectivity index is 1.68. The first-order valence-electron chi connectivity index (χ1n) is 9.14. The van der Waals surface area contributed by atoms with E-state index in [9.17, 15) is 13.2 Å². The van der Waals surface area contributed by atoms with E-state index in [1.807, 2.05) is 29.2 Å². The number of amides is 1. The molecule has 1 amide bonds. The molecule has 2 saturated heterocycles. The summed E-state index contributed by atoms with van der Waals surface area (Å²) in [5.41, 5.74) is 0.651. The molecule has 0 saturated carbocycles. The van der Waals surface area contributed by atoms with E-state index in [-0.39, 0.29) is 23.2 Å². The van der Waals surface area contributed by atoms with Gasteiger partial charge in [0, 0.05) is 23.9 Å². The summed E-state index contributed by atoms with van der Waals surface area (Å²) in [7, 11) is -3.04. The molecule has 2 bridgehead atoms. The van der Waals surface area contributed by atoms with Crippen LogP contribution in [0.5, 0.6) is 5.75 Å². The average molecular weight is 365 g/mol. The number of benzene rings is 1. The van der Waals surface area contributed by atoms with Gasteiger partial charge in [0.25, 0.3) is 5.91 Å². The Morgan fingerprint density at radius 1 is 1.16 bits per heavy atom. The first kappa shape index (κ1) is 18.2. The highest BCUT2D eigenvalue weighted by Gasteiger charge is 2.45. The molecule has 2 unspecified atom stereocenters. The van der Waals surface area contributed by atoms with Crippen molar-refractivity contribution in [2.45, 2.75) is 62.8 Å². The van der Waals surface area contributed by atoms with Crippen LogP contribution in [0.15, 0.2) is 24.3 Å². The second-order valence-electron chi connectivity index (χ2n) is 7.25. The largest absolute Gasteiger partial charge is 0.494 e. The lowest BCUT2D eigenvalue weighted by Gasteiger charge is -2.38. The quantitative estimate of drug-likeness (QED) is 0.727. The minimum Gasteiger partial charge on any atom is -0.494 e. The van der Waals surface area contributed by atoms with Crippen LogP contribution < -0.4 is 4.74 Å². The average Bonchev–Trinajstić information content (AvgIpc) is 2.83. The number of piperidine rings is 1. The second kappa shape index (κ2) is 7.36. The van der Waals surface area contributed by atoms with Gasteiger partial charge in [-0.1, -0.05) is 13.3 Å². The Labute approximate surface area is 150 Å². The Morgan fingerprint density at radius 2 is 1.76 bits per heavy atom. The molecule has 5 nitrogen and oxygen atoms in total. The maximum Gasteiger partial charge on any atom is 0.254 e. The van der Waals surface area contributed by atoms with Gasteiger partial charge in [0.05, 0.1) is 11.9 Å². The van der Waals surface area contributed by atoms with E-state index in [1.165, 1.54) is 6.26 Å². The third-order valence-electron chi connectivity index (χ3n) is 5.40. The number of carbonyl (C=O) groups is 1. The fourth-order valence-corrected chi connectivity index (χ4v) is 5.13. The third-order valence-corrected chi connectivity index (χ3v) is 6.99. The van der Waals surface area contributed by atoms with E-state index in [0.29, 0.717) is 25.0 Å². The van der Waals surface area contributed by atoms with E-state index < -0.39 is 9.84 Å². The van der Waals surface area contributed by atoms with Crippen LogP contribution in [-0.4, -0.2) is 49.4 Å². The molecule has 138 valence electrons. The fourth-order valence-electron chi connectivity index (χ4n) is 3.99. The molecule has 0 aromatic heterocycles. The topological polar surface area (TPSA) is 63.7 Å². The number of sulfone groups is 1. The predicted octanol–water partition coefficient (Wildman–Crippen LogP) is 3.05.